The van der Waals surface area contributed by atoms with Crippen LogP contribution in [-0.2, 0) is 10.0 Å². The second kappa shape index (κ2) is 5.33. The van der Waals surface area contributed by atoms with Crippen molar-refractivity contribution in [3.63, 3.8) is 0 Å². The molecule has 0 aromatic carbocycles. The van der Waals surface area contributed by atoms with Crippen molar-refractivity contribution >= 4 is 15.7 Å². The average molecular weight is 295 g/mol. The van der Waals surface area contributed by atoms with Crippen LogP contribution in [0.25, 0.3) is 0 Å². The van der Waals surface area contributed by atoms with Crippen molar-refractivity contribution in [1.29, 1.82) is 0 Å². The molecule has 1 heterocycles. The van der Waals surface area contributed by atoms with Crippen LogP contribution in [-0.4, -0.2) is 27.0 Å². The van der Waals surface area contributed by atoms with E-state index in [1.54, 1.807) is 19.3 Å². The van der Waals surface area contributed by atoms with Gasteiger partial charge in [-0.25, -0.2) is 13.1 Å². The zero-order chi connectivity index (χ0) is 14.2. The lowest BCUT2D eigenvalue weighted by molar-refractivity contribution is 0.401. The lowest BCUT2D eigenvalue weighted by Gasteiger charge is -2.17. The highest BCUT2D eigenvalue weighted by atomic mass is 32.2. The third kappa shape index (κ3) is 2.96. The van der Waals surface area contributed by atoms with E-state index in [1.807, 2.05) is 0 Å². The Labute approximate surface area is 120 Å². The second-order valence-corrected chi connectivity index (χ2v) is 7.55. The smallest absolute Gasteiger partial charge is 0.244 e. The molecule has 2 fully saturated rings. The van der Waals surface area contributed by atoms with E-state index >= 15 is 0 Å². The fourth-order valence-electron chi connectivity index (χ4n) is 2.85. The highest BCUT2D eigenvalue weighted by Crippen LogP contribution is 2.48. The lowest BCUT2D eigenvalue weighted by Crippen LogP contribution is -2.31. The molecule has 0 amide bonds. The molecule has 0 atom stereocenters. The Balaban J connectivity index is 1.71. The van der Waals surface area contributed by atoms with Gasteiger partial charge in [0.15, 0.2) is 0 Å². The van der Waals surface area contributed by atoms with Crippen molar-refractivity contribution in [2.24, 2.45) is 17.8 Å². The molecule has 110 valence electrons. The summed E-state index contributed by atoms with van der Waals surface area (Å²) < 4.78 is 27.6. The highest BCUT2D eigenvalue weighted by molar-refractivity contribution is 7.89. The van der Waals surface area contributed by atoms with E-state index in [-0.39, 0.29) is 4.90 Å². The second-order valence-electron chi connectivity index (χ2n) is 5.81. The first-order chi connectivity index (χ1) is 9.62. The van der Waals surface area contributed by atoms with Crippen LogP contribution < -0.4 is 10.0 Å². The number of hydrogen-bond acceptors (Lipinski definition) is 4. The minimum absolute atomic E-state index is 0.229. The molecule has 2 N–H and O–H groups in total. The van der Waals surface area contributed by atoms with Crippen LogP contribution in [0, 0.1) is 17.8 Å². The molecule has 0 spiro atoms. The summed E-state index contributed by atoms with van der Waals surface area (Å²) in [6.45, 7) is 0.565. The van der Waals surface area contributed by atoms with Gasteiger partial charge in [0.2, 0.25) is 10.0 Å². The van der Waals surface area contributed by atoms with Crippen LogP contribution in [0.1, 0.15) is 25.7 Å². The topological polar surface area (TPSA) is 71.1 Å². The lowest BCUT2D eigenvalue weighted by atomic mass is 9.99. The molecule has 1 aromatic heterocycles. The third-order valence-electron chi connectivity index (χ3n) is 4.31. The maximum absolute atomic E-state index is 12.4. The minimum Gasteiger partial charge on any atom is -0.387 e. The summed E-state index contributed by atoms with van der Waals surface area (Å²) in [5.41, 5.74) is 0.585. The van der Waals surface area contributed by atoms with Gasteiger partial charge in [-0.05, 0) is 49.5 Å². The Morgan fingerprint density at radius 3 is 2.50 bits per heavy atom. The molecule has 5 nitrogen and oxygen atoms in total. The molecule has 2 aliphatic rings. The van der Waals surface area contributed by atoms with Gasteiger partial charge >= 0.3 is 0 Å². The van der Waals surface area contributed by atoms with Crippen molar-refractivity contribution in [3.05, 3.63) is 18.5 Å². The number of pyridine rings is 1. The average Bonchev–Trinajstić information content (AvgIpc) is 3.32. The minimum atomic E-state index is -3.48. The number of hydrogen-bond donors (Lipinski definition) is 2. The number of sulfonamides is 1. The van der Waals surface area contributed by atoms with Crippen LogP contribution in [0.5, 0.6) is 0 Å². The molecule has 2 saturated carbocycles. The van der Waals surface area contributed by atoms with Gasteiger partial charge in [0.05, 0.1) is 5.69 Å². The molecule has 0 saturated heterocycles. The monoisotopic (exact) mass is 295 g/mol. The predicted octanol–water partition coefficient (Wildman–Crippen LogP) is 1.84. The summed E-state index contributed by atoms with van der Waals surface area (Å²) in [6, 6.07) is 1.67. The van der Waals surface area contributed by atoms with Gasteiger partial charge in [-0.2, -0.15) is 0 Å². The Morgan fingerprint density at radius 2 is 1.95 bits per heavy atom. The van der Waals surface area contributed by atoms with E-state index in [9.17, 15) is 8.42 Å². The molecule has 0 bridgehead atoms. The van der Waals surface area contributed by atoms with E-state index in [4.69, 9.17) is 0 Å². The standard InChI is InChI=1S/C14H21N3O2S/c1-15-13-6-7-16-9-14(13)20(18,19)17-8-12(10-2-3-10)11-4-5-11/h6-7,9-12,17H,2-5,8H2,1H3,(H,15,16). The van der Waals surface area contributed by atoms with Crippen molar-refractivity contribution < 1.29 is 8.42 Å². The van der Waals surface area contributed by atoms with E-state index in [1.165, 1.54) is 31.9 Å². The Morgan fingerprint density at radius 1 is 1.30 bits per heavy atom. The first-order valence-electron chi connectivity index (χ1n) is 7.23. The fourth-order valence-corrected chi connectivity index (χ4v) is 4.08. The van der Waals surface area contributed by atoms with Gasteiger partial charge in [-0.15, -0.1) is 0 Å². The Hall–Kier alpha value is -1.14. The van der Waals surface area contributed by atoms with Crippen molar-refractivity contribution in [3.8, 4) is 0 Å². The zero-order valence-electron chi connectivity index (χ0n) is 11.7. The van der Waals surface area contributed by atoms with Crippen molar-refractivity contribution in [2.75, 3.05) is 18.9 Å². The maximum Gasteiger partial charge on any atom is 0.244 e. The summed E-state index contributed by atoms with van der Waals surface area (Å²) >= 11 is 0. The third-order valence-corrected chi connectivity index (χ3v) is 5.76. The van der Waals surface area contributed by atoms with Crippen LogP contribution in [0.4, 0.5) is 5.69 Å². The summed E-state index contributed by atoms with van der Waals surface area (Å²) in [5, 5.41) is 2.90. The molecular weight excluding hydrogens is 274 g/mol. The maximum atomic E-state index is 12.4. The molecule has 20 heavy (non-hydrogen) atoms. The van der Waals surface area contributed by atoms with Gasteiger partial charge in [0, 0.05) is 26.0 Å². The first kappa shape index (κ1) is 13.8. The largest absolute Gasteiger partial charge is 0.387 e. The van der Waals surface area contributed by atoms with Crippen LogP contribution >= 0.6 is 0 Å². The Bertz CT molecular complexity index is 568. The van der Waals surface area contributed by atoms with Crippen molar-refractivity contribution in [1.82, 2.24) is 9.71 Å². The van der Waals surface area contributed by atoms with E-state index in [0.29, 0.717) is 18.2 Å². The fraction of sp³-hybridized carbons (Fsp3) is 0.643. The molecule has 3 rings (SSSR count). The summed E-state index contributed by atoms with van der Waals surface area (Å²) in [6.07, 6.45) is 8.03. The summed E-state index contributed by atoms with van der Waals surface area (Å²) in [7, 11) is -1.77. The molecule has 0 radical (unpaired) electrons. The van der Waals surface area contributed by atoms with E-state index < -0.39 is 10.0 Å². The summed E-state index contributed by atoms with van der Waals surface area (Å²) in [5.74, 6) is 2.00. The number of nitrogens with one attached hydrogen (secondary N) is 2. The van der Waals surface area contributed by atoms with Crippen LogP contribution in [0.2, 0.25) is 0 Å². The molecule has 1 aromatic rings. The molecule has 0 aliphatic heterocycles. The molecular formula is C14H21N3O2S. The van der Waals surface area contributed by atoms with E-state index in [0.717, 1.165) is 11.8 Å². The predicted molar refractivity (Wildman–Crippen MR) is 77.9 cm³/mol. The van der Waals surface area contributed by atoms with Gasteiger partial charge in [-0.3, -0.25) is 4.98 Å². The number of nitrogens with zero attached hydrogens (tertiary/aromatic N) is 1. The van der Waals surface area contributed by atoms with Crippen LogP contribution in [0.15, 0.2) is 23.4 Å². The highest BCUT2D eigenvalue weighted by Gasteiger charge is 2.41. The van der Waals surface area contributed by atoms with Crippen LogP contribution in [0.3, 0.4) is 0 Å². The molecule has 6 heteroatoms. The normalized spacial score (nSPS) is 19.3. The molecule has 2 aliphatic carbocycles. The SMILES string of the molecule is CNc1ccncc1S(=O)(=O)NCC(C1CC1)C1CC1. The Kier molecular flexibility index (Phi) is 3.69. The van der Waals surface area contributed by atoms with Crippen molar-refractivity contribution in [2.45, 2.75) is 30.6 Å². The van der Waals surface area contributed by atoms with Gasteiger partial charge < -0.3 is 5.32 Å². The van der Waals surface area contributed by atoms with Gasteiger partial charge in [-0.1, -0.05) is 0 Å². The zero-order valence-corrected chi connectivity index (χ0v) is 12.5. The summed E-state index contributed by atoms with van der Waals surface area (Å²) in [4.78, 5) is 4.15. The first-order valence-corrected chi connectivity index (χ1v) is 8.71. The molecule has 0 unspecified atom stereocenters. The number of anilines is 1. The van der Waals surface area contributed by atoms with Gasteiger partial charge in [0.1, 0.15) is 4.90 Å². The van der Waals surface area contributed by atoms with Gasteiger partial charge in [0.25, 0.3) is 0 Å². The van der Waals surface area contributed by atoms with E-state index in [2.05, 4.69) is 15.0 Å². The number of rotatable bonds is 7. The number of aromatic nitrogens is 1. The quantitative estimate of drug-likeness (QED) is 0.805.